The lowest BCUT2D eigenvalue weighted by Crippen LogP contribution is -2.37. The van der Waals surface area contributed by atoms with E-state index >= 15 is 0 Å². The zero-order valence-electron chi connectivity index (χ0n) is 12.7. The van der Waals surface area contributed by atoms with E-state index in [1.54, 1.807) is 0 Å². The van der Waals surface area contributed by atoms with E-state index in [9.17, 15) is 13.2 Å². The monoisotopic (exact) mass is 341 g/mol. The normalized spacial score (nSPS) is 13.3. The number of fused-ring (bicyclic) bond motifs is 1. The summed E-state index contributed by atoms with van der Waals surface area (Å²) in [5, 5.41) is 3.14. The summed E-state index contributed by atoms with van der Waals surface area (Å²) < 4.78 is 23.2. The zero-order chi connectivity index (χ0) is 16.5. The molecule has 2 aromatic rings. The van der Waals surface area contributed by atoms with E-state index in [0.717, 1.165) is 27.6 Å². The molecule has 1 atom stereocenters. The van der Waals surface area contributed by atoms with Crippen LogP contribution in [0.15, 0.2) is 12.1 Å². The van der Waals surface area contributed by atoms with Crippen molar-refractivity contribution in [2.24, 2.45) is 5.73 Å². The average molecular weight is 341 g/mol. The first-order chi connectivity index (χ1) is 10.2. The molecule has 1 unspecified atom stereocenters. The number of nitrogens with two attached hydrogens (primary N) is 1. The molecule has 0 aliphatic heterocycles. The molecule has 8 heteroatoms. The van der Waals surface area contributed by atoms with Gasteiger partial charge in [0.05, 0.1) is 22.0 Å². The highest BCUT2D eigenvalue weighted by atomic mass is 32.2. The molecule has 1 amide bonds. The van der Waals surface area contributed by atoms with Gasteiger partial charge < -0.3 is 11.1 Å². The third-order valence-electron chi connectivity index (χ3n) is 3.20. The third kappa shape index (κ3) is 4.25. The number of aryl methyl sites for hydroxylation is 2. The molecule has 0 bridgehead atoms. The van der Waals surface area contributed by atoms with Crippen LogP contribution >= 0.6 is 11.3 Å². The van der Waals surface area contributed by atoms with Crippen molar-refractivity contribution in [1.82, 2.24) is 4.98 Å². The minimum atomic E-state index is -3.13. The Kier molecular flexibility index (Phi) is 4.84. The summed E-state index contributed by atoms with van der Waals surface area (Å²) in [6.07, 6.45) is 1.21. The summed E-state index contributed by atoms with van der Waals surface area (Å²) in [7, 11) is -3.13. The van der Waals surface area contributed by atoms with Crippen LogP contribution in [0.2, 0.25) is 0 Å². The van der Waals surface area contributed by atoms with Crippen molar-refractivity contribution in [3.8, 4) is 0 Å². The van der Waals surface area contributed by atoms with E-state index in [1.165, 1.54) is 11.3 Å². The summed E-state index contributed by atoms with van der Waals surface area (Å²) in [5.41, 5.74) is 8.76. The van der Waals surface area contributed by atoms with Gasteiger partial charge in [-0.1, -0.05) is 17.4 Å². The average Bonchev–Trinajstić information content (AvgIpc) is 2.77. The van der Waals surface area contributed by atoms with Gasteiger partial charge in [-0.25, -0.2) is 13.4 Å². The first kappa shape index (κ1) is 16.9. The molecule has 0 aliphatic rings. The standard InChI is InChI=1S/C14H19N3O3S2/c1-8-6-9(2)12-11(7-8)21-14(16-12)17-13(18)10(15)4-5-22(3,19)20/h6-7,10H,4-5,15H2,1-3H3,(H,16,17,18). The Balaban J connectivity index is 2.10. The van der Waals surface area contributed by atoms with Gasteiger partial charge in [0.1, 0.15) is 9.84 Å². The van der Waals surface area contributed by atoms with Gasteiger partial charge in [0.15, 0.2) is 5.13 Å². The minimum Gasteiger partial charge on any atom is -0.320 e. The van der Waals surface area contributed by atoms with Crippen molar-refractivity contribution in [1.29, 1.82) is 0 Å². The minimum absolute atomic E-state index is 0.0910. The van der Waals surface area contributed by atoms with Crippen LogP contribution in [0, 0.1) is 13.8 Å². The number of rotatable bonds is 5. The summed E-state index contributed by atoms with van der Waals surface area (Å²) in [5.74, 6) is -0.531. The summed E-state index contributed by atoms with van der Waals surface area (Å²) in [4.78, 5) is 16.4. The van der Waals surface area contributed by atoms with Crippen LogP contribution in [0.25, 0.3) is 10.2 Å². The topological polar surface area (TPSA) is 102 Å². The molecular weight excluding hydrogens is 322 g/mol. The maximum Gasteiger partial charge on any atom is 0.243 e. The second-order valence-electron chi connectivity index (χ2n) is 5.46. The third-order valence-corrected chi connectivity index (χ3v) is 5.09. The lowest BCUT2D eigenvalue weighted by molar-refractivity contribution is -0.117. The maximum atomic E-state index is 12.0. The molecule has 2 rings (SSSR count). The molecule has 22 heavy (non-hydrogen) atoms. The Labute approximate surface area is 133 Å². The Morgan fingerprint density at radius 2 is 2.09 bits per heavy atom. The highest BCUT2D eigenvalue weighted by Gasteiger charge is 2.18. The van der Waals surface area contributed by atoms with E-state index in [0.29, 0.717) is 5.13 Å². The number of sulfone groups is 1. The van der Waals surface area contributed by atoms with Gasteiger partial charge in [-0.2, -0.15) is 0 Å². The van der Waals surface area contributed by atoms with Crippen LogP contribution in [0.3, 0.4) is 0 Å². The summed E-state index contributed by atoms with van der Waals surface area (Å²) in [6, 6.07) is 3.18. The molecule has 1 aromatic heterocycles. The molecule has 6 nitrogen and oxygen atoms in total. The lowest BCUT2D eigenvalue weighted by Gasteiger charge is -2.09. The Hall–Kier alpha value is -1.51. The van der Waals surface area contributed by atoms with E-state index < -0.39 is 21.8 Å². The first-order valence-electron chi connectivity index (χ1n) is 6.77. The Bertz CT molecular complexity index is 812. The smallest absolute Gasteiger partial charge is 0.243 e. The summed E-state index contributed by atoms with van der Waals surface area (Å²) in [6.45, 7) is 3.98. The van der Waals surface area contributed by atoms with Crippen LogP contribution < -0.4 is 11.1 Å². The SMILES string of the molecule is Cc1cc(C)c2nc(NC(=O)C(N)CCS(C)(=O)=O)sc2c1. The van der Waals surface area contributed by atoms with Gasteiger partial charge in [0, 0.05) is 6.26 Å². The fraction of sp³-hybridized carbons (Fsp3) is 0.429. The summed E-state index contributed by atoms with van der Waals surface area (Å²) >= 11 is 1.38. The number of nitrogens with one attached hydrogen (secondary N) is 1. The Morgan fingerprint density at radius 3 is 2.73 bits per heavy atom. The van der Waals surface area contributed by atoms with Crippen molar-refractivity contribution in [2.75, 3.05) is 17.3 Å². The van der Waals surface area contributed by atoms with Crippen LogP contribution in [-0.4, -0.2) is 37.4 Å². The number of nitrogens with zero attached hydrogens (tertiary/aromatic N) is 1. The van der Waals surface area contributed by atoms with Crippen LogP contribution in [-0.2, 0) is 14.6 Å². The van der Waals surface area contributed by atoms with Crippen LogP contribution in [0.1, 0.15) is 17.5 Å². The number of thiazole rings is 1. The highest BCUT2D eigenvalue weighted by molar-refractivity contribution is 7.90. The number of benzene rings is 1. The number of hydrogen-bond acceptors (Lipinski definition) is 6. The van der Waals surface area contributed by atoms with Crippen LogP contribution in [0.4, 0.5) is 5.13 Å². The fourth-order valence-corrected chi connectivity index (χ4v) is 3.82. The van der Waals surface area contributed by atoms with Crippen molar-refractivity contribution in [3.63, 3.8) is 0 Å². The van der Waals surface area contributed by atoms with Crippen molar-refractivity contribution in [3.05, 3.63) is 23.3 Å². The number of aromatic nitrogens is 1. The first-order valence-corrected chi connectivity index (χ1v) is 9.65. The van der Waals surface area contributed by atoms with Gasteiger partial charge in [-0.15, -0.1) is 0 Å². The van der Waals surface area contributed by atoms with Gasteiger partial charge in [-0.05, 0) is 37.5 Å². The second-order valence-corrected chi connectivity index (χ2v) is 8.75. The number of carbonyl (C=O) groups excluding carboxylic acids is 1. The molecule has 0 aliphatic carbocycles. The van der Waals surface area contributed by atoms with Crippen LogP contribution in [0.5, 0.6) is 0 Å². The molecule has 0 spiro atoms. The predicted octanol–water partition coefficient (Wildman–Crippen LogP) is 1.61. The zero-order valence-corrected chi connectivity index (χ0v) is 14.3. The van der Waals surface area contributed by atoms with Gasteiger partial charge in [0.2, 0.25) is 5.91 Å². The number of carbonyl (C=O) groups is 1. The molecule has 0 radical (unpaired) electrons. The fourth-order valence-electron chi connectivity index (χ4n) is 2.09. The molecule has 0 saturated heterocycles. The van der Waals surface area contributed by atoms with Gasteiger partial charge >= 0.3 is 0 Å². The van der Waals surface area contributed by atoms with Gasteiger partial charge in [0.25, 0.3) is 0 Å². The Morgan fingerprint density at radius 1 is 1.41 bits per heavy atom. The molecular formula is C14H19N3O3S2. The lowest BCUT2D eigenvalue weighted by atomic mass is 10.1. The number of hydrogen-bond donors (Lipinski definition) is 2. The van der Waals surface area contributed by atoms with E-state index in [-0.39, 0.29) is 12.2 Å². The molecule has 1 heterocycles. The van der Waals surface area contributed by atoms with E-state index in [1.807, 2.05) is 26.0 Å². The largest absolute Gasteiger partial charge is 0.320 e. The molecule has 0 saturated carbocycles. The number of anilines is 1. The van der Waals surface area contributed by atoms with Gasteiger partial charge in [-0.3, -0.25) is 4.79 Å². The second kappa shape index (κ2) is 6.31. The molecule has 3 N–H and O–H groups in total. The number of amides is 1. The predicted molar refractivity (Wildman–Crippen MR) is 90.0 cm³/mol. The van der Waals surface area contributed by atoms with Crippen molar-refractivity contribution >= 4 is 42.4 Å². The highest BCUT2D eigenvalue weighted by Crippen LogP contribution is 2.29. The quantitative estimate of drug-likeness (QED) is 0.860. The van der Waals surface area contributed by atoms with E-state index in [2.05, 4.69) is 10.3 Å². The molecule has 1 aromatic carbocycles. The molecule has 0 fully saturated rings. The van der Waals surface area contributed by atoms with Crippen molar-refractivity contribution < 1.29 is 13.2 Å². The van der Waals surface area contributed by atoms with E-state index in [4.69, 9.17) is 5.73 Å². The van der Waals surface area contributed by atoms with Crippen molar-refractivity contribution in [2.45, 2.75) is 26.3 Å². The molecule has 120 valence electrons. The maximum absolute atomic E-state index is 12.0.